The van der Waals surface area contributed by atoms with Gasteiger partial charge >= 0.3 is 5.97 Å². The average Bonchev–Trinajstić information content (AvgIpc) is 2.41. The maximum Gasteiger partial charge on any atom is 0.337 e. The molecule has 5 nitrogen and oxygen atoms in total. The summed E-state index contributed by atoms with van der Waals surface area (Å²) in [5.74, 6) is -0.905. The van der Waals surface area contributed by atoms with Crippen molar-refractivity contribution >= 4 is 40.7 Å². The fourth-order valence-corrected chi connectivity index (χ4v) is 1.88. The monoisotopic (exact) mass is 307 g/mol. The first-order valence-corrected chi connectivity index (χ1v) is 6.12. The second kappa shape index (κ2) is 5.78. The van der Waals surface area contributed by atoms with Crippen molar-refractivity contribution in [1.29, 1.82) is 5.26 Å². The number of benzene rings is 1. The van der Waals surface area contributed by atoms with Crippen LogP contribution in [0.4, 0.5) is 11.5 Å². The molecule has 2 rings (SSSR count). The summed E-state index contributed by atoms with van der Waals surface area (Å²) in [5.41, 5.74) is 0.721. The third-order valence-corrected chi connectivity index (χ3v) is 2.99. The van der Waals surface area contributed by atoms with E-state index in [4.69, 9.17) is 33.6 Å². The number of carbonyl (C=O) groups is 1. The Bertz CT molecular complexity index is 726. The van der Waals surface area contributed by atoms with Crippen molar-refractivity contribution in [3.63, 3.8) is 0 Å². The number of nitriles is 1. The molecule has 0 aliphatic carbocycles. The lowest BCUT2D eigenvalue weighted by atomic mass is 10.2. The van der Waals surface area contributed by atoms with Gasteiger partial charge in [0.2, 0.25) is 0 Å². The summed E-state index contributed by atoms with van der Waals surface area (Å²) in [6, 6.07) is 7.98. The highest BCUT2D eigenvalue weighted by Crippen LogP contribution is 2.25. The van der Waals surface area contributed by atoms with Gasteiger partial charge < -0.3 is 10.4 Å². The first-order valence-electron chi connectivity index (χ1n) is 5.37. The Balaban J connectivity index is 2.40. The van der Waals surface area contributed by atoms with Crippen molar-refractivity contribution in [3.8, 4) is 6.07 Å². The summed E-state index contributed by atoms with van der Waals surface area (Å²) in [4.78, 5) is 15.0. The summed E-state index contributed by atoms with van der Waals surface area (Å²) < 4.78 is 0. The number of carboxylic acid groups (broad SMARTS) is 1. The molecule has 20 heavy (non-hydrogen) atoms. The molecule has 1 aromatic heterocycles. The molecule has 0 fully saturated rings. The van der Waals surface area contributed by atoms with E-state index in [0.29, 0.717) is 16.3 Å². The molecule has 2 aromatic rings. The molecule has 0 atom stereocenters. The van der Waals surface area contributed by atoms with Crippen LogP contribution in [0, 0.1) is 11.3 Å². The van der Waals surface area contributed by atoms with Crippen molar-refractivity contribution in [3.05, 3.63) is 51.6 Å². The number of aromatic carboxylic acids is 1. The number of pyridine rings is 1. The summed E-state index contributed by atoms with van der Waals surface area (Å²) in [6.07, 6.45) is 1.23. The predicted molar refractivity (Wildman–Crippen MR) is 75.7 cm³/mol. The Labute approximate surface area is 124 Å². The van der Waals surface area contributed by atoms with E-state index in [2.05, 4.69) is 10.3 Å². The fraction of sp³-hybridized carbons (Fsp3) is 0. The molecule has 0 saturated heterocycles. The van der Waals surface area contributed by atoms with Crippen molar-refractivity contribution in [2.24, 2.45) is 0 Å². The molecule has 2 N–H and O–H groups in total. The minimum Gasteiger partial charge on any atom is -0.478 e. The maximum atomic E-state index is 11.0. The van der Waals surface area contributed by atoms with Gasteiger partial charge in [-0.15, -0.1) is 0 Å². The molecule has 100 valence electrons. The quantitative estimate of drug-likeness (QED) is 0.903. The zero-order valence-electron chi connectivity index (χ0n) is 9.89. The van der Waals surface area contributed by atoms with Crippen LogP contribution in [0.2, 0.25) is 10.0 Å². The van der Waals surface area contributed by atoms with E-state index >= 15 is 0 Å². The predicted octanol–water partition coefficient (Wildman–Crippen LogP) is 3.70. The van der Waals surface area contributed by atoms with Gasteiger partial charge in [0, 0.05) is 11.2 Å². The Morgan fingerprint density at radius 3 is 2.75 bits per heavy atom. The van der Waals surface area contributed by atoms with Crippen LogP contribution in [0.5, 0.6) is 0 Å². The highest BCUT2D eigenvalue weighted by Gasteiger charge is 2.11. The van der Waals surface area contributed by atoms with E-state index in [1.807, 2.05) is 6.07 Å². The van der Waals surface area contributed by atoms with Crippen molar-refractivity contribution in [2.75, 3.05) is 5.32 Å². The zero-order chi connectivity index (χ0) is 14.7. The molecule has 0 unspecified atom stereocenters. The molecule has 0 aliphatic heterocycles. The van der Waals surface area contributed by atoms with Gasteiger partial charge in [0.1, 0.15) is 11.9 Å². The molecular weight excluding hydrogens is 301 g/mol. The van der Waals surface area contributed by atoms with Crippen LogP contribution in [-0.2, 0) is 0 Å². The SMILES string of the molecule is N#Cc1ccc(Cl)cc1Nc1cc(C(=O)O)c(Cl)cn1. The minimum atomic E-state index is -1.16. The van der Waals surface area contributed by atoms with E-state index in [-0.39, 0.29) is 16.4 Å². The summed E-state index contributed by atoms with van der Waals surface area (Å²) in [5, 5.41) is 21.3. The number of anilines is 2. The molecule has 1 aromatic carbocycles. The number of halogens is 2. The van der Waals surface area contributed by atoms with Gasteiger partial charge in [-0.05, 0) is 24.3 Å². The van der Waals surface area contributed by atoms with Gasteiger partial charge in [-0.1, -0.05) is 23.2 Å². The lowest BCUT2D eigenvalue weighted by molar-refractivity contribution is 0.0697. The van der Waals surface area contributed by atoms with E-state index in [0.717, 1.165) is 0 Å². The lowest BCUT2D eigenvalue weighted by Crippen LogP contribution is -2.02. The Hall–Kier alpha value is -2.29. The molecule has 0 aliphatic rings. The Morgan fingerprint density at radius 2 is 2.10 bits per heavy atom. The first kappa shape index (κ1) is 14.1. The third kappa shape index (κ3) is 2.99. The minimum absolute atomic E-state index is 0.0367. The topological polar surface area (TPSA) is 86.0 Å². The number of rotatable bonds is 3. The van der Waals surface area contributed by atoms with Crippen LogP contribution in [0.25, 0.3) is 0 Å². The smallest absolute Gasteiger partial charge is 0.337 e. The fourth-order valence-electron chi connectivity index (χ4n) is 1.53. The number of hydrogen-bond acceptors (Lipinski definition) is 4. The van der Waals surface area contributed by atoms with E-state index in [1.54, 1.807) is 18.2 Å². The van der Waals surface area contributed by atoms with Crippen LogP contribution < -0.4 is 5.32 Å². The highest BCUT2D eigenvalue weighted by molar-refractivity contribution is 6.33. The van der Waals surface area contributed by atoms with Gasteiger partial charge in [0.15, 0.2) is 0 Å². The Morgan fingerprint density at radius 1 is 1.35 bits per heavy atom. The molecule has 7 heteroatoms. The molecule has 1 heterocycles. The maximum absolute atomic E-state index is 11.0. The molecular formula is C13H7Cl2N3O2. The first-order chi connectivity index (χ1) is 9.51. The highest BCUT2D eigenvalue weighted by atomic mass is 35.5. The molecule has 0 saturated carbocycles. The van der Waals surface area contributed by atoms with Crippen LogP contribution in [0.15, 0.2) is 30.5 Å². The van der Waals surface area contributed by atoms with Crippen molar-refractivity contribution in [1.82, 2.24) is 4.98 Å². The normalized spacial score (nSPS) is 9.85. The number of nitrogens with one attached hydrogen (secondary N) is 1. The van der Waals surface area contributed by atoms with Gasteiger partial charge in [0.05, 0.1) is 21.8 Å². The zero-order valence-corrected chi connectivity index (χ0v) is 11.4. The van der Waals surface area contributed by atoms with E-state index < -0.39 is 5.97 Å². The lowest BCUT2D eigenvalue weighted by Gasteiger charge is -2.09. The van der Waals surface area contributed by atoms with Gasteiger partial charge in [-0.3, -0.25) is 0 Å². The molecule has 0 bridgehead atoms. The van der Waals surface area contributed by atoms with Gasteiger partial charge in [-0.25, -0.2) is 9.78 Å². The standard InChI is InChI=1S/C13H7Cl2N3O2/c14-8-2-1-7(5-16)11(3-8)18-12-4-9(13(19)20)10(15)6-17-12/h1-4,6H,(H,17,18)(H,19,20). The van der Waals surface area contributed by atoms with E-state index in [9.17, 15) is 4.79 Å². The third-order valence-electron chi connectivity index (χ3n) is 2.45. The molecule has 0 radical (unpaired) electrons. The number of aromatic nitrogens is 1. The summed E-state index contributed by atoms with van der Waals surface area (Å²) >= 11 is 11.6. The molecule has 0 spiro atoms. The number of carboxylic acids is 1. The number of hydrogen-bond donors (Lipinski definition) is 2. The number of nitrogens with zero attached hydrogens (tertiary/aromatic N) is 2. The Kier molecular flexibility index (Phi) is 4.08. The molecule has 0 amide bonds. The van der Waals surface area contributed by atoms with Crippen molar-refractivity contribution in [2.45, 2.75) is 0 Å². The van der Waals surface area contributed by atoms with Gasteiger partial charge in [-0.2, -0.15) is 5.26 Å². The van der Waals surface area contributed by atoms with Crippen LogP contribution in [0.3, 0.4) is 0 Å². The van der Waals surface area contributed by atoms with Crippen molar-refractivity contribution < 1.29 is 9.90 Å². The average molecular weight is 308 g/mol. The van der Waals surface area contributed by atoms with Crippen LogP contribution in [-0.4, -0.2) is 16.1 Å². The van der Waals surface area contributed by atoms with Crippen LogP contribution in [0.1, 0.15) is 15.9 Å². The second-order valence-corrected chi connectivity index (χ2v) is 4.62. The second-order valence-electron chi connectivity index (χ2n) is 3.78. The van der Waals surface area contributed by atoms with Gasteiger partial charge in [0.25, 0.3) is 0 Å². The summed E-state index contributed by atoms with van der Waals surface area (Å²) in [7, 11) is 0. The van der Waals surface area contributed by atoms with E-state index in [1.165, 1.54) is 12.3 Å². The van der Waals surface area contributed by atoms with Crippen LogP contribution >= 0.6 is 23.2 Å². The largest absolute Gasteiger partial charge is 0.478 e. The summed E-state index contributed by atoms with van der Waals surface area (Å²) in [6.45, 7) is 0.